The molecule has 4 N–H and O–H groups in total. The lowest BCUT2D eigenvalue weighted by atomic mass is 10.1. The van der Waals surface area contributed by atoms with Crippen molar-refractivity contribution in [1.82, 2.24) is 10.9 Å². The largest absolute Gasteiger partial charge is 0.460 e. The van der Waals surface area contributed by atoms with E-state index in [0.717, 1.165) is 28.6 Å². The van der Waals surface area contributed by atoms with E-state index in [9.17, 15) is 0 Å². The van der Waals surface area contributed by atoms with E-state index in [1.807, 2.05) is 30.3 Å². The van der Waals surface area contributed by atoms with Crippen LogP contribution in [0.5, 0.6) is 11.5 Å². The lowest BCUT2D eigenvalue weighted by molar-refractivity contribution is 0.174. The van der Waals surface area contributed by atoms with Crippen LogP contribution in [0.2, 0.25) is 0 Å². The number of fused-ring (bicyclic) bond motifs is 1. The molecule has 0 bridgehead atoms. The zero-order chi connectivity index (χ0) is 13.9. The van der Waals surface area contributed by atoms with Gasteiger partial charge in [0.25, 0.3) is 0 Å². The summed E-state index contributed by atoms with van der Waals surface area (Å²) in [7, 11) is 0. The first kappa shape index (κ1) is 12.8. The summed E-state index contributed by atoms with van der Waals surface area (Å²) in [5.74, 6) is 3.01. The van der Waals surface area contributed by atoms with Gasteiger partial charge in [0, 0.05) is 5.56 Å². The monoisotopic (exact) mass is 291 g/mol. The van der Waals surface area contributed by atoms with Gasteiger partial charge in [-0.1, -0.05) is 0 Å². The zero-order valence-electron chi connectivity index (χ0n) is 10.5. The molecule has 1 aliphatic heterocycles. The van der Waals surface area contributed by atoms with Gasteiger partial charge >= 0.3 is 0 Å². The minimum atomic E-state index is 0.188. The van der Waals surface area contributed by atoms with E-state index in [0.29, 0.717) is 6.54 Å². The molecule has 0 unspecified atom stereocenters. The van der Waals surface area contributed by atoms with Crippen molar-refractivity contribution in [1.29, 1.82) is 0 Å². The van der Waals surface area contributed by atoms with Gasteiger partial charge in [0.15, 0.2) is 16.6 Å². The molecule has 1 aliphatic rings. The molecule has 0 aliphatic carbocycles. The van der Waals surface area contributed by atoms with Gasteiger partial charge in [0.2, 0.25) is 6.79 Å². The van der Waals surface area contributed by atoms with Gasteiger partial charge in [-0.25, -0.2) is 5.43 Å². The topological polar surface area (TPSA) is 81.7 Å². The number of ether oxygens (including phenoxy) is 2. The van der Waals surface area contributed by atoms with Crippen LogP contribution in [0.3, 0.4) is 0 Å². The van der Waals surface area contributed by atoms with Crippen molar-refractivity contribution < 1.29 is 13.9 Å². The second-order valence-electron chi connectivity index (χ2n) is 4.18. The van der Waals surface area contributed by atoms with Crippen LogP contribution in [0.25, 0.3) is 11.3 Å². The van der Waals surface area contributed by atoms with Crippen LogP contribution in [0.15, 0.2) is 34.7 Å². The Hall–Kier alpha value is -2.25. The summed E-state index contributed by atoms with van der Waals surface area (Å²) in [5.41, 5.74) is 11.7. The third-order valence-corrected chi connectivity index (χ3v) is 2.90. The summed E-state index contributed by atoms with van der Waals surface area (Å²) in [6.07, 6.45) is 0. The molecule has 1 aromatic heterocycles. The standard InChI is InChI=1S/C13H13N3O3S/c14-13(20)16-15-6-9-2-4-10(19-9)8-1-3-11-12(5-8)18-7-17-11/h1-5,15H,6-7H2,(H3,14,16,20). The lowest BCUT2D eigenvalue weighted by Crippen LogP contribution is -2.40. The third kappa shape index (κ3) is 2.68. The summed E-state index contributed by atoms with van der Waals surface area (Å²) in [6.45, 7) is 0.735. The van der Waals surface area contributed by atoms with Crippen LogP contribution < -0.4 is 26.1 Å². The summed E-state index contributed by atoms with van der Waals surface area (Å²) >= 11 is 4.69. The molecule has 0 amide bonds. The molecule has 0 atom stereocenters. The first-order valence-electron chi connectivity index (χ1n) is 5.99. The maximum atomic E-state index is 5.73. The van der Waals surface area contributed by atoms with Crippen molar-refractivity contribution in [3.8, 4) is 22.8 Å². The minimum Gasteiger partial charge on any atom is -0.460 e. The van der Waals surface area contributed by atoms with Gasteiger partial charge < -0.3 is 19.6 Å². The molecule has 0 saturated heterocycles. The Morgan fingerprint density at radius 1 is 1.20 bits per heavy atom. The summed E-state index contributed by atoms with van der Waals surface area (Å²) < 4.78 is 16.3. The van der Waals surface area contributed by atoms with E-state index >= 15 is 0 Å². The number of furan rings is 1. The Kier molecular flexibility index (Phi) is 3.44. The van der Waals surface area contributed by atoms with Crippen LogP contribution in [-0.4, -0.2) is 11.9 Å². The summed E-state index contributed by atoms with van der Waals surface area (Å²) in [6, 6.07) is 9.47. The molecular formula is C13H13N3O3S. The molecule has 0 spiro atoms. The van der Waals surface area contributed by atoms with E-state index in [-0.39, 0.29) is 11.9 Å². The fourth-order valence-corrected chi connectivity index (χ4v) is 1.97. The number of nitrogens with one attached hydrogen (secondary N) is 2. The van der Waals surface area contributed by atoms with Crippen molar-refractivity contribution in [2.45, 2.75) is 6.54 Å². The number of rotatable bonds is 4. The number of nitrogens with two attached hydrogens (primary N) is 1. The van der Waals surface area contributed by atoms with Crippen LogP contribution in [-0.2, 0) is 6.54 Å². The van der Waals surface area contributed by atoms with E-state index in [4.69, 9.17) is 19.6 Å². The van der Waals surface area contributed by atoms with Crippen molar-refractivity contribution >= 4 is 17.3 Å². The first-order chi connectivity index (χ1) is 9.72. The predicted molar refractivity (Wildman–Crippen MR) is 77.0 cm³/mol. The molecule has 6 nitrogen and oxygen atoms in total. The second kappa shape index (κ2) is 5.40. The Balaban J connectivity index is 1.71. The maximum Gasteiger partial charge on any atom is 0.231 e. The normalized spacial score (nSPS) is 12.4. The summed E-state index contributed by atoms with van der Waals surface area (Å²) in [4.78, 5) is 0. The molecule has 0 radical (unpaired) electrons. The molecule has 1 aromatic carbocycles. The van der Waals surface area contributed by atoms with Crippen LogP contribution >= 0.6 is 12.2 Å². The lowest BCUT2D eigenvalue weighted by Gasteiger charge is -2.03. The SMILES string of the molecule is NC(=S)NNCc1ccc(-c2ccc3c(c2)OCO3)o1. The van der Waals surface area contributed by atoms with E-state index < -0.39 is 0 Å². The fourth-order valence-electron chi connectivity index (χ4n) is 1.90. The molecule has 7 heteroatoms. The van der Waals surface area contributed by atoms with Gasteiger partial charge in [-0.3, -0.25) is 5.43 Å². The zero-order valence-corrected chi connectivity index (χ0v) is 11.3. The highest BCUT2D eigenvalue weighted by Crippen LogP contribution is 2.36. The average Bonchev–Trinajstić information content (AvgIpc) is 3.05. The quantitative estimate of drug-likeness (QED) is 0.582. The third-order valence-electron chi connectivity index (χ3n) is 2.79. The van der Waals surface area contributed by atoms with Crippen molar-refractivity contribution in [2.24, 2.45) is 5.73 Å². The highest BCUT2D eigenvalue weighted by molar-refractivity contribution is 7.80. The van der Waals surface area contributed by atoms with Gasteiger partial charge in [0.05, 0.1) is 6.54 Å². The first-order valence-corrected chi connectivity index (χ1v) is 6.40. The number of thiocarbonyl (C=S) groups is 1. The maximum absolute atomic E-state index is 5.73. The summed E-state index contributed by atoms with van der Waals surface area (Å²) in [5, 5.41) is 0.188. The Morgan fingerprint density at radius 3 is 2.90 bits per heavy atom. The van der Waals surface area contributed by atoms with Gasteiger partial charge in [-0.05, 0) is 42.5 Å². The average molecular weight is 291 g/mol. The van der Waals surface area contributed by atoms with Gasteiger partial charge in [0.1, 0.15) is 11.5 Å². The van der Waals surface area contributed by atoms with Crippen LogP contribution in [0.4, 0.5) is 0 Å². The van der Waals surface area contributed by atoms with Gasteiger partial charge in [-0.2, -0.15) is 0 Å². The van der Waals surface area contributed by atoms with E-state index in [2.05, 4.69) is 23.1 Å². The van der Waals surface area contributed by atoms with Crippen LogP contribution in [0.1, 0.15) is 5.76 Å². The van der Waals surface area contributed by atoms with E-state index in [1.54, 1.807) is 0 Å². The minimum absolute atomic E-state index is 0.188. The Labute approximate surface area is 120 Å². The molecule has 104 valence electrons. The molecule has 2 aromatic rings. The van der Waals surface area contributed by atoms with E-state index in [1.165, 1.54) is 0 Å². The number of hydrazine groups is 1. The van der Waals surface area contributed by atoms with Crippen molar-refractivity contribution in [2.75, 3.05) is 6.79 Å². The van der Waals surface area contributed by atoms with Gasteiger partial charge in [-0.15, -0.1) is 0 Å². The second-order valence-corrected chi connectivity index (χ2v) is 4.62. The molecule has 20 heavy (non-hydrogen) atoms. The highest BCUT2D eigenvalue weighted by Gasteiger charge is 2.15. The van der Waals surface area contributed by atoms with Crippen molar-refractivity contribution in [3.05, 3.63) is 36.1 Å². The molecule has 0 saturated carbocycles. The molecular weight excluding hydrogens is 278 g/mol. The highest BCUT2D eigenvalue weighted by atomic mass is 32.1. The van der Waals surface area contributed by atoms with Crippen LogP contribution in [0, 0.1) is 0 Å². The van der Waals surface area contributed by atoms with Crippen molar-refractivity contribution in [3.63, 3.8) is 0 Å². The molecule has 0 fully saturated rings. The fraction of sp³-hybridized carbons (Fsp3) is 0.154. The Bertz CT molecular complexity index is 642. The Morgan fingerprint density at radius 2 is 2.05 bits per heavy atom. The number of hydrogen-bond donors (Lipinski definition) is 3. The smallest absolute Gasteiger partial charge is 0.231 e. The predicted octanol–water partition coefficient (Wildman–Crippen LogP) is 1.51. The molecule has 2 heterocycles. The number of hydrogen-bond acceptors (Lipinski definition) is 5. The number of benzene rings is 1. The molecule has 3 rings (SSSR count).